The van der Waals surface area contributed by atoms with Gasteiger partial charge in [0.05, 0.1) is 12.8 Å². The van der Waals surface area contributed by atoms with E-state index in [0.29, 0.717) is 0 Å². The van der Waals surface area contributed by atoms with Crippen molar-refractivity contribution >= 4 is 0 Å². The second-order valence-corrected chi connectivity index (χ2v) is 4.32. The lowest BCUT2D eigenvalue weighted by molar-refractivity contribution is 0.0553. The summed E-state index contributed by atoms with van der Waals surface area (Å²) in [5.74, 6) is 0. The van der Waals surface area contributed by atoms with Gasteiger partial charge in [0.1, 0.15) is 0 Å². The Labute approximate surface area is 80.3 Å². The van der Waals surface area contributed by atoms with E-state index < -0.39 is 0 Å². The Bertz CT molecular complexity index is 149. The Morgan fingerprint density at radius 2 is 1.46 bits per heavy atom. The van der Waals surface area contributed by atoms with E-state index >= 15 is 0 Å². The van der Waals surface area contributed by atoms with E-state index in [1.807, 2.05) is 0 Å². The van der Waals surface area contributed by atoms with Gasteiger partial charge < -0.3 is 5.11 Å². The molecule has 13 heavy (non-hydrogen) atoms. The molecule has 2 aliphatic rings. The van der Waals surface area contributed by atoms with Crippen molar-refractivity contribution < 1.29 is 5.11 Å². The summed E-state index contributed by atoms with van der Waals surface area (Å²) in [6.45, 7) is 5.85. The maximum Gasteiger partial charge on any atom is 0.0564 e. The zero-order chi connectivity index (χ0) is 9.10. The zero-order valence-corrected chi connectivity index (χ0v) is 8.28. The average molecular weight is 184 g/mol. The van der Waals surface area contributed by atoms with Gasteiger partial charge in [-0.15, -0.1) is 0 Å². The topological polar surface area (TPSA) is 26.7 Å². The highest BCUT2D eigenvalue weighted by molar-refractivity contribution is 4.73. The first-order valence-electron chi connectivity index (χ1n) is 5.47. The number of likely N-dealkylation sites (tertiary alicyclic amines) is 2. The Morgan fingerprint density at radius 1 is 0.923 bits per heavy atom. The van der Waals surface area contributed by atoms with Crippen LogP contribution in [0.5, 0.6) is 0 Å². The van der Waals surface area contributed by atoms with Crippen LogP contribution in [-0.2, 0) is 0 Å². The predicted molar refractivity (Wildman–Crippen MR) is 52.5 cm³/mol. The van der Waals surface area contributed by atoms with Crippen LogP contribution in [0.25, 0.3) is 0 Å². The highest BCUT2D eigenvalue weighted by Crippen LogP contribution is 2.13. The summed E-state index contributed by atoms with van der Waals surface area (Å²) in [5.41, 5.74) is 0. The zero-order valence-electron chi connectivity index (χ0n) is 8.28. The minimum absolute atomic E-state index is 0.0326. The highest BCUT2D eigenvalue weighted by atomic mass is 16.3. The maximum atomic E-state index is 9.35. The number of aliphatic hydroxyl groups is 1. The predicted octanol–water partition coefficient (Wildman–Crippen LogP) is 0.496. The molecule has 2 saturated heterocycles. The van der Waals surface area contributed by atoms with Crippen molar-refractivity contribution in [1.29, 1.82) is 0 Å². The van der Waals surface area contributed by atoms with E-state index in [-0.39, 0.29) is 6.10 Å². The molecule has 0 amide bonds. The molecular formula is C10H20N2O. The number of hydrogen-bond donors (Lipinski definition) is 1. The SMILES string of the molecule is OC1CCN(CN2CCCC2)CC1. The van der Waals surface area contributed by atoms with Crippen molar-refractivity contribution in [2.75, 3.05) is 32.8 Å². The summed E-state index contributed by atoms with van der Waals surface area (Å²) in [5, 5.41) is 9.35. The molecule has 0 unspecified atom stereocenters. The molecule has 2 aliphatic heterocycles. The molecule has 0 aliphatic carbocycles. The van der Waals surface area contributed by atoms with Crippen molar-refractivity contribution in [3.8, 4) is 0 Å². The van der Waals surface area contributed by atoms with Gasteiger partial charge in [0, 0.05) is 13.1 Å². The number of aliphatic hydroxyl groups excluding tert-OH is 1. The fourth-order valence-electron chi connectivity index (χ4n) is 2.27. The fraction of sp³-hybridized carbons (Fsp3) is 1.00. The second-order valence-electron chi connectivity index (χ2n) is 4.32. The van der Waals surface area contributed by atoms with Crippen molar-refractivity contribution in [3.05, 3.63) is 0 Å². The molecule has 1 N–H and O–H groups in total. The fourth-order valence-corrected chi connectivity index (χ4v) is 2.27. The molecule has 3 heteroatoms. The van der Waals surface area contributed by atoms with Gasteiger partial charge in [-0.05, 0) is 38.8 Å². The summed E-state index contributed by atoms with van der Waals surface area (Å²) in [6, 6.07) is 0. The number of nitrogens with zero attached hydrogens (tertiary/aromatic N) is 2. The molecule has 0 spiro atoms. The van der Waals surface area contributed by atoms with Gasteiger partial charge in [-0.25, -0.2) is 0 Å². The first-order valence-corrected chi connectivity index (χ1v) is 5.47. The van der Waals surface area contributed by atoms with Gasteiger partial charge in [0.2, 0.25) is 0 Å². The van der Waals surface area contributed by atoms with Crippen LogP contribution in [-0.4, -0.2) is 53.9 Å². The molecule has 0 saturated carbocycles. The second kappa shape index (κ2) is 4.40. The van der Waals surface area contributed by atoms with E-state index in [2.05, 4.69) is 9.80 Å². The molecular weight excluding hydrogens is 164 g/mol. The van der Waals surface area contributed by atoms with Crippen molar-refractivity contribution in [2.24, 2.45) is 0 Å². The molecule has 0 radical (unpaired) electrons. The first-order chi connectivity index (χ1) is 6.34. The Hall–Kier alpha value is -0.120. The van der Waals surface area contributed by atoms with E-state index in [0.717, 1.165) is 32.6 Å². The third-order valence-corrected chi connectivity index (χ3v) is 3.16. The molecule has 0 aromatic rings. The monoisotopic (exact) mass is 184 g/mol. The van der Waals surface area contributed by atoms with E-state index in [4.69, 9.17) is 0 Å². The van der Waals surface area contributed by atoms with E-state index in [1.165, 1.54) is 25.9 Å². The summed E-state index contributed by atoms with van der Waals surface area (Å²) >= 11 is 0. The first kappa shape index (κ1) is 9.44. The van der Waals surface area contributed by atoms with Crippen LogP contribution in [0.4, 0.5) is 0 Å². The van der Waals surface area contributed by atoms with Gasteiger partial charge in [-0.3, -0.25) is 9.80 Å². The van der Waals surface area contributed by atoms with E-state index in [1.54, 1.807) is 0 Å². The van der Waals surface area contributed by atoms with Gasteiger partial charge in [0.15, 0.2) is 0 Å². The largest absolute Gasteiger partial charge is 0.393 e. The van der Waals surface area contributed by atoms with Crippen LogP contribution >= 0.6 is 0 Å². The Morgan fingerprint density at radius 3 is 2.08 bits per heavy atom. The van der Waals surface area contributed by atoms with Crippen LogP contribution in [0.1, 0.15) is 25.7 Å². The molecule has 76 valence electrons. The van der Waals surface area contributed by atoms with E-state index in [9.17, 15) is 5.11 Å². The molecule has 0 atom stereocenters. The number of rotatable bonds is 2. The average Bonchev–Trinajstić information content (AvgIpc) is 2.62. The lowest BCUT2D eigenvalue weighted by Crippen LogP contribution is -2.42. The quantitative estimate of drug-likeness (QED) is 0.677. The van der Waals surface area contributed by atoms with Crippen LogP contribution in [0, 0.1) is 0 Å². The molecule has 2 heterocycles. The summed E-state index contributed by atoms with van der Waals surface area (Å²) in [6.07, 6.45) is 4.64. The molecule has 0 aromatic heterocycles. The Balaban J connectivity index is 1.69. The third-order valence-electron chi connectivity index (χ3n) is 3.16. The van der Waals surface area contributed by atoms with Crippen LogP contribution in [0.15, 0.2) is 0 Å². The van der Waals surface area contributed by atoms with Gasteiger partial charge in [-0.1, -0.05) is 0 Å². The minimum Gasteiger partial charge on any atom is -0.393 e. The lowest BCUT2D eigenvalue weighted by atomic mass is 10.1. The smallest absolute Gasteiger partial charge is 0.0564 e. The summed E-state index contributed by atoms with van der Waals surface area (Å²) in [7, 11) is 0. The Kier molecular flexibility index (Phi) is 3.19. The number of piperidine rings is 1. The molecule has 0 aromatic carbocycles. The van der Waals surface area contributed by atoms with Crippen molar-refractivity contribution in [2.45, 2.75) is 31.8 Å². The molecule has 2 rings (SSSR count). The normalized spacial score (nSPS) is 28.4. The summed E-state index contributed by atoms with van der Waals surface area (Å²) < 4.78 is 0. The van der Waals surface area contributed by atoms with Crippen LogP contribution in [0.2, 0.25) is 0 Å². The maximum absolute atomic E-state index is 9.35. The minimum atomic E-state index is -0.0326. The van der Waals surface area contributed by atoms with Gasteiger partial charge in [-0.2, -0.15) is 0 Å². The molecule has 3 nitrogen and oxygen atoms in total. The van der Waals surface area contributed by atoms with Crippen LogP contribution < -0.4 is 0 Å². The summed E-state index contributed by atoms with van der Waals surface area (Å²) in [4.78, 5) is 5.00. The van der Waals surface area contributed by atoms with Crippen LogP contribution in [0.3, 0.4) is 0 Å². The molecule has 2 fully saturated rings. The van der Waals surface area contributed by atoms with Gasteiger partial charge in [0.25, 0.3) is 0 Å². The van der Waals surface area contributed by atoms with Crippen molar-refractivity contribution in [3.63, 3.8) is 0 Å². The van der Waals surface area contributed by atoms with Gasteiger partial charge >= 0.3 is 0 Å². The lowest BCUT2D eigenvalue weighted by Gasteiger charge is -2.32. The standard InChI is InChI=1S/C10H20N2O/c13-10-3-7-12(8-4-10)9-11-5-1-2-6-11/h10,13H,1-9H2. The number of hydrogen-bond acceptors (Lipinski definition) is 3. The molecule has 0 bridgehead atoms. The highest BCUT2D eigenvalue weighted by Gasteiger charge is 2.20. The third kappa shape index (κ3) is 2.66. The van der Waals surface area contributed by atoms with Crippen molar-refractivity contribution in [1.82, 2.24) is 9.80 Å².